The number of benzene rings is 1. The van der Waals surface area contributed by atoms with Gasteiger partial charge in [0.2, 0.25) is 0 Å². The number of nitrogens with zero attached hydrogens (tertiary/aromatic N) is 2. The van der Waals surface area contributed by atoms with Crippen LogP contribution in [0.2, 0.25) is 0 Å². The number of ether oxygens (including phenoxy) is 1. The molecule has 33 heavy (non-hydrogen) atoms. The van der Waals surface area contributed by atoms with Gasteiger partial charge in [-0.2, -0.15) is 4.98 Å². The van der Waals surface area contributed by atoms with Gasteiger partial charge in [0.15, 0.2) is 6.23 Å². The largest absolute Gasteiger partial charge is 0.527 e. The van der Waals surface area contributed by atoms with Crippen LogP contribution in [0.25, 0.3) is 0 Å². The maximum atomic E-state index is 12.3. The molecule has 15 nitrogen and oxygen atoms in total. The molecule has 0 aliphatic carbocycles. The van der Waals surface area contributed by atoms with Crippen molar-refractivity contribution in [3.63, 3.8) is 0 Å². The molecule has 1 aliphatic heterocycles. The normalized spacial score (nSPS) is 24.2. The molecular weight excluding hydrogens is 469 g/mol. The van der Waals surface area contributed by atoms with Gasteiger partial charge in [-0.3, -0.25) is 14.0 Å². The highest BCUT2D eigenvalue weighted by Crippen LogP contribution is 2.45. The van der Waals surface area contributed by atoms with Gasteiger partial charge in [0.25, 0.3) is 0 Å². The number of carboxylic acids is 2. The van der Waals surface area contributed by atoms with Crippen molar-refractivity contribution >= 4 is 25.6 Å². The molecular formula is C17H18N3O12P. The van der Waals surface area contributed by atoms with Gasteiger partial charge >= 0.3 is 25.5 Å². The topological polar surface area (TPSA) is 241 Å². The van der Waals surface area contributed by atoms with Crippen LogP contribution in [0.15, 0.2) is 35.3 Å². The van der Waals surface area contributed by atoms with E-state index in [2.05, 4.69) is 4.98 Å². The van der Waals surface area contributed by atoms with Gasteiger partial charge in [-0.1, -0.05) is 0 Å². The average molecular weight is 487 g/mol. The van der Waals surface area contributed by atoms with Gasteiger partial charge in [-0.05, 0) is 24.3 Å². The van der Waals surface area contributed by atoms with E-state index in [1.54, 1.807) is 0 Å². The fourth-order valence-electron chi connectivity index (χ4n) is 2.94. The number of aromatic carboxylic acids is 2. The number of hydrogen-bond acceptors (Lipinski definition) is 11. The molecule has 1 unspecified atom stereocenters. The van der Waals surface area contributed by atoms with Crippen LogP contribution < -0.4 is 15.9 Å². The summed E-state index contributed by atoms with van der Waals surface area (Å²) >= 11 is 0. The van der Waals surface area contributed by atoms with E-state index in [0.29, 0.717) is 0 Å². The smallest absolute Gasteiger partial charge is 0.478 e. The van der Waals surface area contributed by atoms with E-state index in [1.165, 1.54) is 12.3 Å². The monoisotopic (exact) mass is 487 g/mol. The zero-order chi connectivity index (χ0) is 24.5. The highest BCUT2D eigenvalue weighted by Gasteiger charge is 2.45. The first-order valence-electron chi connectivity index (χ1n) is 9.03. The molecule has 1 fully saturated rings. The van der Waals surface area contributed by atoms with Gasteiger partial charge < -0.3 is 35.4 Å². The Kier molecular flexibility index (Phi) is 6.83. The minimum Gasteiger partial charge on any atom is -0.478 e. The quantitative estimate of drug-likeness (QED) is 0.246. The second kappa shape index (κ2) is 9.27. The van der Waals surface area contributed by atoms with E-state index in [9.17, 15) is 34.1 Å². The number of phosphoric ester groups is 1. The van der Waals surface area contributed by atoms with Crippen molar-refractivity contribution in [1.29, 1.82) is 0 Å². The number of phosphoric acid groups is 1. The molecule has 2 aromatic rings. The standard InChI is InChI=1S/C17H18N3O12P/c18-11-1-2-20(17(27)19-11)14-13(22)12(21)10(31-14)6-30-33(28,29)32-9-4-7(15(23)24)3-8(5-9)16(25)26/h1-5,10,12-14,21-22H,6H2,(H,23,24)(H,25,26)(H,28,29)(H2,18,19,27)/t10-,12-,13-,14-/m1/s1. The lowest BCUT2D eigenvalue weighted by Crippen LogP contribution is -2.36. The number of nitrogen functional groups attached to an aromatic ring is 1. The van der Waals surface area contributed by atoms with Crippen LogP contribution in [0.3, 0.4) is 0 Å². The number of rotatable bonds is 8. The van der Waals surface area contributed by atoms with E-state index < -0.39 is 73.5 Å². The molecule has 1 aromatic heterocycles. The zero-order valence-corrected chi connectivity index (χ0v) is 17.3. The van der Waals surface area contributed by atoms with Crippen molar-refractivity contribution in [2.75, 3.05) is 12.3 Å². The molecule has 7 N–H and O–H groups in total. The summed E-state index contributed by atoms with van der Waals surface area (Å²) in [4.78, 5) is 47.6. The first-order valence-corrected chi connectivity index (χ1v) is 10.5. The van der Waals surface area contributed by atoms with Crippen molar-refractivity contribution in [1.82, 2.24) is 9.55 Å². The number of aliphatic hydroxyl groups excluding tert-OH is 2. The van der Waals surface area contributed by atoms with Gasteiger partial charge in [0.05, 0.1) is 17.7 Å². The summed E-state index contributed by atoms with van der Waals surface area (Å²) in [5.41, 5.74) is 3.47. The summed E-state index contributed by atoms with van der Waals surface area (Å²) in [6.45, 7) is -0.802. The Balaban J connectivity index is 1.71. The minimum absolute atomic E-state index is 0.0828. The summed E-state index contributed by atoms with van der Waals surface area (Å²) < 4.78 is 28.0. The second-order valence-corrected chi connectivity index (χ2v) is 8.18. The molecule has 1 aromatic carbocycles. The van der Waals surface area contributed by atoms with E-state index in [1.807, 2.05) is 0 Å². The van der Waals surface area contributed by atoms with Crippen molar-refractivity contribution in [2.24, 2.45) is 0 Å². The van der Waals surface area contributed by atoms with Crippen LogP contribution in [-0.2, 0) is 13.8 Å². The maximum Gasteiger partial charge on any atom is 0.527 e. The molecule has 1 aliphatic rings. The van der Waals surface area contributed by atoms with Crippen LogP contribution >= 0.6 is 7.82 Å². The molecule has 178 valence electrons. The number of aromatic nitrogens is 2. The summed E-state index contributed by atoms with van der Waals surface area (Å²) in [5, 5.41) is 38.4. The predicted molar refractivity (Wildman–Crippen MR) is 106 cm³/mol. The Morgan fingerprint density at radius 1 is 1.15 bits per heavy atom. The molecule has 0 amide bonds. The molecule has 0 radical (unpaired) electrons. The second-order valence-electron chi connectivity index (χ2n) is 6.80. The van der Waals surface area contributed by atoms with Crippen molar-refractivity contribution in [3.05, 3.63) is 52.1 Å². The SMILES string of the molecule is Nc1ccn([C@@H]2O[C@H](COP(=O)(O)Oc3cc(C(=O)O)cc(C(=O)O)c3)[C@@H](O)[C@H]2O)c(=O)n1. The maximum absolute atomic E-state index is 12.3. The Morgan fingerprint density at radius 2 is 1.76 bits per heavy atom. The van der Waals surface area contributed by atoms with Crippen molar-refractivity contribution in [3.8, 4) is 5.75 Å². The summed E-state index contributed by atoms with van der Waals surface area (Å²) in [7, 11) is -4.98. The Hall–Kier alpha value is -3.33. The fourth-order valence-corrected chi connectivity index (χ4v) is 3.70. The van der Waals surface area contributed by atoms with Crippen LogP contribution in [0, 0.1) is 0 Å². The van der Waals surface area contributed by atoms with Gasteiger partial charge in [-0.15, -0.1) is 0 Å². The lowest BCUT2D eigenvalue weighted by atomic mass is 10.1. The number of aliphatic hydroxyl groups is 2. The first kappa shape index (κ1) is 24.3. The molecule has 0 saturated carbocycles. The molecule has 0 bridgehead atoms. The first-order chi connectivity index (χ1) is 15.4. The Labute approximate surface area is 183 Å². The molecule has 5 atom stereocenters. The van der Waals surface area contributed by atoms with Crippen LogP contribution in [0.1, 0.15) is 26.9 Å². The highest BCUT2D eigenvalue weighted by atomic mass is 31.2. The number of anilines is 1. The molecule has 1 saturated heterocycles. The van der Waals surface area contributed by atoms with Gasteiger partial charge in [-0.25, -0.2) is 18.9 Å². The number of hydrogen-bond donors (Lipinski definition) is 6. The molecule has 0 spiro atoms. The summed E-state index contributed by atoms with van der Waals surface area (Å²) in [5.74, 6) is -3.68. The third-order valence-electron chi connectivity index (χ3n) is 4.49. The average Bonchev–Trinajstić information content (AvgIpc) is 3.00. The number of carbonyl (C=O) groups is 2. The lowest BCUT2D eigenvalue weighted by Gasteiger charge is -2.18. The zero-order valence-electron chi connectivity index (χ0n) is 16.4. The summed E-state index contributed by atoms with van der Waals surface area (Å²) in [6.07, 6.45) is -4.90. The van der Waals surface area contributed by atoms with E-state index in [4.69, 9.17) is 29.7 Å². The van der Waals surface area contributed by atoms with Gasteiger partial charge in [0, 0.05) is 6.20 Å². The molecule has 3 rings (SSSR count). The fraction of sp³-hybridized carbons (Fsp3) is 0.294. The van der Waals surface area contributed by atoms with Crippen LogP contribution in [0.4, 0.5) is 5.82 Å². The van der Waals surface area contributed by atoms with E-state index in [0.717, 1.165) is 22.8 Å². The van der Waals surface area contributed by atoms with Crippen molar-refractivity contribution < 1.29 is 53.3 Å². The predicted octanol–water partition coefficient (Wildman–Crippen LogP) is -0.963. The number of carboxylic acid groups (broad SMARTS) is 2. The van der Waals surface area contributed by atoms with Crippen LogP contribution in [0.5, 0.6) is 5.75 Å². The Morgan fingerprint density at radius 3 is 2.30 bits per heavy atom. The van der Waals surface area contributed by atoms with Crippen LogP contribution in [-0.4, -0.2) is 71.7 Å². The third kappa shape index (κ3) is 5.54. The van der Waals surface area contributed by atoms with Crippen molar-refractivity contribution in [2.45, 2.75) is 24.5 Å². The number of nitrogens with two attached hydrogens (primary N) is 1. The molecule has 16 heteroatoms. The highest BCUT2D eigenvalue weighted by molar-refractivity contribution is 7.47. The molecule has 2 heterocycles. The Bertz CT molecular complexity index is 1150. The van der Waals surface area contributed by atoms with E-state index >= 15 is 0 Å². The van der Waals surface area contributed by atoms with Gasteiger partial charge in [0.1, 0.15) is 29.9 Å². The van der Waals surface area contributed by atoms with E-state index in [-0.39, 0.29) is 5.82 Å². The third-order valence-corrected chi connectivity index (χ3v) is 5.40. The minimum atomic E-state index is -4.98. The lowest BCUT2D eigenvalue weighted by molar-refractivity contribution is -0.0539. The summed E-state index contributed by atoms with van der Waals surface area (Å²) in [6, 6.07) is 3.68.